The van der Waals surface area contributed by atoms with Crippen molar-refractivity contribution in [3.63, 3.8) is 0 Å². The van der Waals surface area contributed by atoms with Crippen molar-refractivity contribution in [2.24, 2.45) is 0 Å². The normalized spacial score (nSPS) is 15.2. The number of carbonyl (C=O) groups excluding carboxylic acids is 1. The number of rotatable bonds is 9. The van der Waals surface area contributed by atoms with E-state index < -0.39 is 0 Å². The zero-order chi connectivity index (χ0) is 23.0. The van der Waals surface area contributed by atoms with Crippen molar-refractivity contribution in [3.05, 3.63) is 90.7 Å². The summed E-state index contributed by atoms with van der Waals surface area (Å²) in [6, 6.07) is 18.7. The van der Waals surface area contributed by atoms with Gasteiger partial charge in [0.1, 0.15) is 18.1 Å². The maximum Gasteiger partial charge on any atom is 0.268 e. The highest BCUT2D eigenvalue weighted by Gasteiger charge is 2.24. The van der Waals surface area contributed by atoms with Crippen LogP contribution in [0.1, 0.15) is 35.8 Å². The Bertz CT molecular complexity index is 1110. The van der Waals surface area contributed by atoms with Crippen molar-refractivity contribution < 1.29 is 9.53 Å². The minimum absolute atomic E-state index is 0.0214. The molecule has 1 fully saturated rings. The number of nitrogens with one attached hydrogen (secondary N) is 1. The molecule has 1 N–H and O–H groups in total. The second-order valence-corrected chi connectivity index (χ2v) is 8.51. The number of nitrogens with zero attached hydrogens (tertiary/aromatic N) is 2. The first kappa shape index (κ1) is 22.9. The van der Waals surface area contributed by atoms with Crippen LogP contribution in [0.4, 0.5) is 0 Å². The van der Waals surface area contributed by atoms with E-state index >= 15 is 0 Å². The van der Waals surface area contributed by atoms with Gasteiger partial charge in [-0.1, -0.05) is 61.2 Å². The van der Waals surface area contributed by atoms with E-state index in [9.17, 15) is 4.79 Å². The molecule has 1 saturated heterocycles. The third-order valence-corrected chi connectivity index (χ3v) is 6.19. The number of hydrogen-bond donors (Lipinski definition) is 1. The number of allylic oxidation sites excluding steroid dienone is 2. The molecule has 0 unspecified atom stereocenters. The maximum absolute atomic E-state index is 13.3. The molecule has 5 nitrogen and oxygen atoms in total. The number of aromatic nitrogens is 1. The first-order valence-electron chi connectivity index (χ1n) is 11.7. The Hall–Kier alpha value is -3.31. The minimum atomic E-state index is -0.0214. The van der Waals surface area contributed by atoms with Crippen molar-refractivity contribution in [1.29, 1.82) is 0 Å². The molecule has 0 bridgehead atoms. The van der Waals surface area contributed by atoms with Crippen molar-refractivity contribution >= 4 is 16.8 Å². The van der Waals surface area contributed by atoms with Gasteiger partial charge < -0.3 is 14.6 Å². The molecule has 2 heterocycles. The average Bonchev–Trinajstić information content (AvgIpc) is 3.22. The monoisotopic (exact) mass is 443 g/mol. The third-order valence-electron chi connectivity index (χ3n) is 6.19. The smallest absolute Gasteiger partial charge is 0.268 e. The van der Waals surface area contributed by atoms with Gasteiger partial charge in [-0.3, -0.25) is 9.69 Å². The Balaban J connectivity index is 1.46. The van der Waals surface area contributed by atoms with Crippen LogP contribution in [-0.2, 0) is 13.1 Å². The Morgan fingerprint density at radius 2 is 1.94 bits per heavy atom. The topological polar surface area (TPSA) is 46.5 Å². The molecule has 5 heteroatoms. The largest absolute Gasteiger partial charge is 0.489 e. The van der Waals surface area contributed by atoms with Crippen LogP contribution in [0, 0.1) is 0 Å². The highest BCUT2D eigenvalue weighted by atomic mass is 16.5. The molecule has 0 spiro atoms. The zero-order valence-corrected chi connectivity index (χ0v) is 19.4. The zero-order valence-electron chi connectivity index (χ0n) is 19.4. The lowest BCUT2D eigenvalue weighted by Gasteiger charge is -2.32. The summed E-state index contributed by atoms with van der Waals surface area (Å²) in [7, 11) is 0. The fourth-order valence-corrected chi connectivity index (χ4v) is 4.46. The summed E-state index contributed by atoms with van der Waals surface area (Å²) in [5.74, 6) is 0.752. The highest BCUT2D eigenvalue weighted by Crippen LogP contribution is 2.29. The standard InChI is InChI=1S/C28H33N3O2/c1-3-5-16-31-25-12-9-13-27(33-19-4-2)24(25)20-26(31)28(32)29-23-14-17-30(18-15-23)21-22-10-7-6-8-11-22/h3-13,20,23H,2,14-19,21H2,1H3,(H,29,32)/b5-3-. The highest BCUT2D eigenvalue weighted by molar-refractivity contribution is 6.00. The van der Waals surface area contributed by atoms with Crippen LogP contribution in [0.2, 0.25) is 0 Å². The number of likely N-dealkylation sites (tertiary alicyclic amines) is 1. The number of benzene rings is 2. The van der Waals surface area contributed by atoms with E-state index in [0.29, 0.717) is 18.8 Å². The van der Waals surface area contributed by atoms with Crippen LogP contribution in [0.25, 0.3) is 10.9 Å². The van der Waals surface area contributed by atoms with Crippen LogP contribution in [0.15, 0.2) is 79.4 Å². The number of hydrogen-bond acceptors (Lipinski definition) is 3. The number of carbonyl (C=O) groups is 1. The molecule has 0 aliphatic carbocycles. The predicted octanol–water partition coefficient (Wildman–Crippen LogP) is 5.18. The van der Waals surface area contributed by atoms with E-state index in [1.807, 2.05) is 37.3 Å². The Labute approximate surface area is 196 Å². The maximum atomic E-state index is 13.3. The SMILES string of the molecule is C=CCOc1cccc2c1cc(C(=O)NC1CCN(Cc3ccccc3)CC1)n2C/C=C\C. The van der Waals surface area contributed by atoms with Gasteiger partial charge in [0.15, 0.2) is 0 Å². The lowest BCUT2D eigenvalue weighted by molar-refractivity contribution is 0.0900. The summed E-state index contributed by atoms with van der Waals surface area (Å²) < 4.78 is 7.91. The van der Waals surface area contributed by atoms with Crippen LogP contribution in [-0.4, -0.2) is 41.1 Å². The average molecular weight is 444 g/mol. The van der Waals surface area contributed by atoms with E-state index in [2.05, 4.69) is 57.8 Å². The quantitative estimate of drug-likeness (QED) is 0.464. The van der Waals surface area contributed by atoms with Gasteiger partial charge in [0.05, 0.1) is 5.52 Å². The second-order valence-electron chi connectivity index (χ2n) is 8.51. The van der Waals surface area contributed by atoms with Gasteiger partial charge >= 0.3 is 0 Å². The predicted molar refractivity (Wildman–Crippen MR) is 135 cm³/mol. The van der Waals surface area contributed by atoms with Gasteiger partial charge in [-0.25, -0.2) is 0 Å². The van der Waals surface area contributed by atoms with Crippen LogP contribution in [0.5, 0.6) is 5.75 Å². The van der Waals surface area contributed by atoms with Gasteiger partial charge in [-0.15, -0.1) is 0 Å². The third kappa shape index (κ3) is 5.55. The van der Waals surface area contributed by atoms with Gasteiger partial charge in [0, 0.05) is 37.6 Å². The van der Waals surface area contributed by atoms with E-state index in [4.69, 9.17) is 4.74 Å². The molecule has 4 rings (SSSR count). The van der Waals surface area contributed by atoms with Crippen molar-refractivity contribution in [2.75, 3.05) is 19.7 Å². The molecule has 0 radical (unpaired) electrons. The van der Waals surface area contributed by atoms with E-state index in [1.54, 1.807) is 6.08 Å². The number of fused-ring (bicyclic) bond motifs is 1. The lowest BCUT2D eigenvalue weighted by atomic mass is 10.0. The molecule has 1 amide bonds. The lowest BCUT2D eigenvalue weighted by Crippen LogP contribution is -2.44. The molecule has 3 aromatic rings. The molecule has 2 aromatic carbocycles. The fraction of sp³-hybridized carbons (Fsp3) is 0.321. The Morgan fingerprint density at radius 1 is 1.15 bits per heavy atom. The van der Waals surface area contributed by atoms with Gasteiger partial charge in [0.25, 0.3) is 5.91 Å². The minimum Gasteiger partial charge on any atom is -0.489 e. The molecule has 0 saturated carbocycles. The van der Waals surface area contributed by atoms with Crippen molar-refractivity contribution in [2.45, 2.75) is 38.9 Å². The Morgan fingerprint density at radius 3 is 2.67 bits per heavy atom. The first-order valence-corrected chi connectivity index (χ1v) is 11.7. The van der Waals surface area contributed by atoms with Crippen molar-refractivity contribution in [3.8, 4) is 5.75 Å². The fourth-order valence-electron chi connectivity index (χ4n) is 4.46. The van der Waals surface area contributed by atoms with Crippen LogP contribution < -0.4 is 10.1 Å². The molecular formula is C28H33N3O2. The van der Waals surface area contributed by atoms with Crippen molar-refractivity contribution in [1.82, 2.24) is 14.8 Å². The summed E-state index contributed by atoms with van der Waals surface area (Å²) >= 11 is 0. The molecular weight excluding hydrogens is 410 g/mol. The summed E-state index contributed by atoms with van der Waals surface area (Å²) in [6.45, 7) is 9.74. The van der Waals surface area contributed by atoms with E-state index in [1.165, 1.54) is 5.56 Å². The summed E-state index contributed by atoms with van der Waals surface area (Å²) in [5, 5.41) is 4.24. The Kier molecular flexibility index (Phi) is 7.63. The summed E-state index contributed by atoms with van der Waals surface area (Å²) in [6.07, 6.45) is 7.72. The number of piperidine rings is 1. The van der Waals surface area contributed by atoms with E-state index in [-0.39, 0.29) is 11.9 Å². The van der Waals surface area contributed by atoms with Crippen LogP contribution in [0.3, 0.4) is 0 Å². The summed E-state index contributed by atoms with van der Waals surface area (Å²) in [4.78, 5) is 15.8. The molecule has 33 heavy (non-hydrogen) atoms. The van der Waals surface area contributed by atoms with Gasteiger partial charge in [0.2, 0.25) is 0 Å². The number of ether oxygens (including phenoxy) is 1. The molecule has 1 aliphatic rings. The van der Waals surface area contributed by atoms with E-state index in [0.717, 1.165) is 49.1 Å². The summed E-state index contributed by atoms with van der Waals surface area (Å²) in [5.41, 5.74) is 3.00. The molecule has 1 aromatic heterocycles. The van der Waals surface area contributed by atoms with Gasteiger partial charge in [-0.2, -0.15) is 0 Å². The molecule has 1 aliphatic heterocycles. The second kappa shape index (κ2) is 11.0. The first-order chi connectivity index (χ1) is 16.2. The number of amides is 1. The molecule has 172 valence electrons. The van der Waals surface area contributed by atoms with Gasteiger partial charge in [-0.05, 0) is 43.5 Å². The molecule has 0 atom stereocenters. The van der Waals surface area contributed by atoms with Crippen LogP contribution >= 0.6 is 0 Å².